The maximum Gasteiger partial charge on any atom is 0.268 e. The first-order valence-corrected chi connectivity index (χ1v) is 7.39. The predicted octanol–water partition coefficient (Wildman–Crippen LogP) is 3.75. The van der Waals surface area contributed by atoms with Gasteiger partial charge in [-0.3, -0.25) is 9.59 Å². The van der Waals surface area contributed by atoms with Gasteiger partial charge in [0.2, 0.25) is 5.13 Å². The molecule has 0 bridgehead atoms. The van der Waals surface area contributed by atoms with Crippen LogP contribution < -0.4 is 4.90 Å². The van der Waals surface area contributed by atoms with Gasteiger partial charge in [-0.05, 0) is 24.3 Å². The lowest BCUT2D eigenvalue weighted by Gasteiger charge is -2.08. The quantitative estimate of drug-likeness (QED) is 0.643. The molecule has 21 heavy (non-hydrogen) atoms. The van der Waals surface area contributed by atoms with E-state index in [-0.39, 0.29) is 11.8 Å². The van der Waals surface area contributed by atoms with Crippen LogP contribution in [0.25, 0.3) is 10.2 Å². The molecule has 0 saturated carbocycles. The summed E-state index contributed by atoms with van der Waals surface area (Å²) in [6.45, 7) is 0. The van der Waals surface area contributed by atoms with Crippen molar-refractivity contribution in [1.82, 2.24) is 4.98 Å². The number of benzene rings is 2. The number of thiazole rings is 1. The van der Waals surface area contributed by atoms with Crippen LogP contribution in [-0.2, 0) is 0 Å². The van der Waals surface area contributed by atoms with Crippen LogP contribution in [0.1, 0.15) is 20.7 Å². The Morgan fingerprint density at radius 3 is 2.24 bits per heavy atom. The van der Waals surface area contributed by atoms with E-state index in [0.717, 1.165) is 9.60 Å². The Bertz CT molecular complexity index is 884. The van der Waals surface area contributed by atoms with Crippen LogP contribution in [-0.4, -0.2) is 16.8 Å². The van der Waals surface area contributed by atoms with Gasteiger partial charge in [0, 0.05) is 0 Å². The van der Waals surface area contributed by atoms with Crippen molar-refractivity contribution in [3.63, 3.8) is 0 Å². The molecule has 0 aliphatic carbocycles. The summed E-state index contributed by atoms with van der Waals surface area (Å²) >= 11 is 7.37. The van der Waals surface area contributed by atoms with E-state index in [1.165, 1.54) is 11.3 Å². The van der Waals surface area contributed by atoms with Gasteiger partial charge < -0.3 is 0 Å². The number of amides is 2. The number of imide groups is 1. The average Bonchev–Trinajstić information content (AvgIpc) is 3.01. The monoisotopic (exact) mass is 314 g/mol. The van der Waals surface area contributed by atoms with Gasteiger partial charge in [-0.1, -0.05) is 41.1 Å². The van der Waals surface area contributed by atoms with Gasteiger partial charge in [-0.15, -0.1) is 0 Å². The highest BCUT2D eigenvalue weighted by molar-refractivity contribution is 7.22. The molecule has 102 valence electrons. The van der Waals surface area contributed by atoms with Crippen LogP contribution in [0.2, 0.25) is 5.02 Å². The Morgan fingerprint density at radius 2 is 1.62 bits per heavy atom. The summed E-state index contributed by atoms with van der Waals surface area (Å²) in [6.07, 6.45) is 0. The van der Waals surface area contributed by atoms with Crippen LogP contribution in [0.4, 0.5) is 5.13 Å². The number of aromatic nitrogens is 1. The minimum atomic E-state index is -0.342. The topological polar surface area (TPSA) is 50.3 Å². The van der Waals surface area contributed by atoms with Crippen LogP contribution in [0.15, 0.2) is 42.5 Å². The predicted molar refractivity (Wildman–Crippen MR) is 82.2 cm³/mol. The summed E-state index contributed by atoms with van der Waals surface area (Å²) in [5, 5.41) is 0.857. The zero-order chi connectivity index (χ0) is 14.6. The van der Waals surface area contributed by atoms with Crippen molar-refractivity contribution >= 4 is 50.1 Å². The number of para-hydroxylation sites is 1. The lowest BCUT2D eigenvalue weighted by molar-refractivity contribution is 0.0926. The molecule has 0 fully saturated rings. The molecule has 1 aliphatic heterocycles. The summed E-state index contributed by atoms with van der Waals surface area (Å²) in [5.41, 5.74) is 1.43. The highest BCUT2D eigenvalue weighted by Crippen LogP contribution is 2.36. The molecule has 0 saturated heterocycles. The number of anilines is 1. The molecule has 3 aromatic rings. The molecule has 4 nitrogen and oxygen atoms in total. The van der Waals surface area contributed by atoms with Crippen molar-refractivity contribution in [2.45, 2.75) is 0 Å². The second-order valence-electron chi connectivity index (χ2n) is 4.57. The third kappa shape index (κ3) is 1.71. The molecule has 4 rings (SSSR count). The van der Waals surface area contributed by atoms with E-state index in [9.17, 15) is 9.59 Å². The van der Waals surface area contributed by atoms with E-state index in [2.05, 4.69) is 4.98 Å². The smallest absolute Gasteiger partial charge is 0.268 e. The number of halogens is 1. The van der Waals surface area contributed by atoms with E-state index in [4.69, 9.17) is 11.6 Å². The van der Waals surface area contributed by atoms with Gasteiger partial charge in [0.25, 0.3) is 11.8 Å². The van der Waals surface area contributed by atoms with Crippen LogP contribution in [0.5, 0.6) is 0 Å². The summed E-state index contributed by atoms with van der Waals surface area (Å²) in [5.74, 6) is -0.684. The minimum absolute atomic E-state index is 0.342. The van der Waals surface area contributed by atoms with Gasteiger partial charge in [0.15, 0.2) is 0 Å². The van der Waals surface area contributed by atoms with E-state index < -0.39 is 0 Å². The van der Waals surface area contributed by atoms with Crippen LogP contribution in [0, 0.1) is 0 Å². The molecule has 0 unspecified atom stereocenters. The van der Waals surface area contributed by atoms with Crippen molar-refractivity contribution in [3.8, 4) is 0 Å². The molecule has 2 aromatic carbocycles. The molecule has 0 N–H and O–H groups in total. The minimum Gasteiger partial charge on any atom is -0.268 e. The number of fused-ring (bicyclic) bond motifs is 2. The third-order valence-corrected chi connectivity index (χ3v) is 4.65. The molecular weight excluding hydrogens is 308 g/mol. The second-order valence-corrected chi connectivity index (χ2v) is 5.99. The molecule has 6 heteroatoms. The Kier molecular flexibility index (Phi) is 2.60. The molecule has 1 aliphatic rings. The van der Waals surface area contributed by atoms with Crippen molar-refractivity contribution in [2.75, 3.05) is 4.90 Å². The second kappa shape index (κ2) is 4.38. The van der Waals surface area contributed by atoms with Gasteiger partial charge >= 0.3 is 0 Å². The molecular formula is C15H7ClN2O2S. The number of hydrogen-bond donors (Lipinski definition) is 0. The normalized spacial score (nSPS) is 14.0. The molecule has 2 heterocycles. The molecule has 0 spiro atoms. The van der Waals surface area contributed by atoms with E-state index in [1.807, 2.05) is 12.1 Å². The fraction of sp³-hybridized carbons (Fsp3) is 0. The van der Waals surface area contributed by atoms with Gasteiger partial charge in [0.1, 0.15) is 5.52 Å². The van der Waals surface area contributed by atoms with Crippen molar-refractivity contribution < 1.29 is 9.59 Å². The summed E-state index contributed by atoms with van der Waals surface area (Å²) in [6, 6.07) is 12.2. The Morgan fingerprint density at radius 1 is 0.952 bits per heavy atom. The van der Waals surface area contributed by atoms with Crippen molar-refractivity contribution in [1.29, 1.82) is 0 Å². The zero-order valence-electron chi connectivity index (χ0n) is 10.5. The number of carbonyl (C=O) groups excluding carboxylic acids is 2. The molecule has 0 atom stereocenters. The summed E-state index contributed by atoms with van der Waals surface area (Å²) in [4.78, 5) is 30.3. The standard InChI is InChI=1S/C15H7ClN2O2S/c16-10-6-3-7-11-12(10)17-15(21-11)18-13(19)8-4-1-2-5-9(8)14(18)20/h1-7H. The maximum atomic E-state index is 12.4. The Balaban J connectivity index is 1.89. The van der Waals surface area contributed by atoms with Crippen molar-refractivity contribution in [3.05, 3.63) is 58.6 Å². The van der Waals surface area contributed by atoms with Crippen molar-refractivity contribution in [2.24, 2.45) is 0 Å². The van der Waals surface area contributed by atoms with Crippen LogP contribution >= 0.6 is 22.9 Å². The molecule has 2 amide bonds. The van der Waals surface area contributed by atoms with E-state index >= 15 is 0 Å². The number of hydrogen-bond acceptors (Lipinski definition) is 4. The zero-order valence-corrected chi connectivity index (χ0v) is 12.1. The first-order chi connectivity index (χ1) is 10.2. The van der Waals surface area contributed by atoms with E-state index in [1.54, 1.807) is 30.3 Å². The van der Waals surface area contributed by atoms with Gasteiger partial charge in [0.05, 0.1) is 20.8 Å². The fourth-order valence-electron chi connectivity index (χ4n) is 2.36. The number of nitrogens with zero attached hydrogens (tertiary/aromatic N) is 2. The van der Waals surface area contributed by atoms with Gasteiger partial charge in [-0.25, -0.2) is 9.88 Å². The first kappa shape index (κ1) is 12.5. The van der Waals surface area contributed by atoms with Crippen LogP contribution in [0.3, 0.4) is 0 Å². The average molecular weight is 315 g/mol. The largest absolute Gasteiger partial charge is 0.268 e. The fourth-order valence-corrected chi connectivity index (χ4v) is 3.62. The van der Waals surface area contributed by atoms with Gasteiger partial charge in [-0.2, -0.15) is 0 Å². The summed E-state index contributed by atoms with van der Waals surface area (Å²) < 4.78 is 0.842. The SMILES string of the molecule is O=C1c2ccccc2C(=O)N1c1nc2c(Cl)cccc2s1. The first-order valence-electron chi connectivity index (χ1n) is 6.19. The lowest BCUT2D eigenvalue weighted by Crippen LogP contribution is -2.29. The summed E-state index contributed by atoms with van der Waals surface area (Å²) in [7, 11) is 0. The lowest BCUT2D eigenvalue weighted by atomic mass is 10.1. The Hall–Kier alpha value is -2.24. The van der Waals surface area contributed by atoms with E-state index in [0.29, 0.717) is 26.8 Å². The highest BCUT2D eigenvalue weighted by Gasteiger charge is 2.38. The molecule has 1 aromatic heterocycles. The molecule has 0 radical (unpaired) electrons. The number of carbonyl (C=O) groups is 2. The highest BCUT2D eigenvalue weighted by atomic mass is 35.5. The number of rotatable bonds is 1. The third-order valence-electron chi connectivity index (χ3n) is 3.34. The maximum absolute atomic E-state index is 12.4. The Labute approximate surface area is 128 Å².